The summed E-state index contributed by atoms with van der Waals surface area (Å²) in [5.41, 5.74) is 6.34. The Hall–Kier alpha value is -1.04. The molecule has 0 fully saturated rings. The summed E-state index contributed by atoms with van der Waals surface area (Å²) in [4.78, 5) is 0. The van der Waals surface area contributed by atoms with Crippen LogP contribution in [0.15, 0.2) is 46.6 Å². The Morgan fingerprint density at radius 2 is 1.36 bits per heavy atom. The van der Waals surface area contributed by atoms with Crippen LogP contribution in [0.5, 0.6) is 0 Å². The van der Waals surface area contributed by atoms with Crippen molar-refractivity contribution < 1.29 is 0 Å². The van der Waals surface area contributed by atoms with Gasteiger partial charge < -0.3 is 0 Å². The minimum atomic E-state index is 1.13. The van der Waals surface area contributed by atoms with Gasteiger partial charge in [-0.2, -0.15) is 0 Å². The molecule has 0 aliphatic heterocycles. The van der Waals surface area contributed by atoms with E-state index < -0.39 is 0 Å². The Bertz CT molecular complexity index is 301. The molecule has 0 aromatic heterocycles. The number of rotatable bonds is 3. The van der Waals surface area contributed by atoms with Crippen LogP contribution in [0.4, 0.5) is 0 Å². The Kier molecular flexibility index (Phi) is 5.22. The van der Waals surface area contributed by atoms with Crippen LogP contribution in [0.25, 0.3) is 0 Å². The topological polar surface area (TPSA) is 0 Å². The van der Waals surface area contributed by atoms with Gasteiger partial charge in [-0.25, -0.2) is 0 Å². The second-order valence-electron chi connectivity index (χ2n) is 4.28. The van der Waals surface area contributed by atoms with Gasteiger partial charge in [0, 0.05) is 0 Å². The smallest absolute Gasteiger partial charge is 0.0268 e. The maximum absolute atomic E-state index is 3.94. The Labute approximate surface area is 88.7 Å². The van der Waals surface area contributed by atoms with E-state index in [0.717, 1.165) is 5.57 Å². The van der Waals surface area contributed by atoms with Crippen LogP contribution in [0.3, 0.4) is 0 Å². The first-order chi connectivity index (χ1) is 6.34. The van der Waals surface area contributed by atoms with Gasteiger partial charge in [0.2, 0.25) is 0 Å². The van der Waals surface area contributed by atoms with Crippen LogP contribution in [0.1, 0.15) is 41.5 Å². The van der Waals surface area contributed by atoms with E-state index in [0.29, 0.717) is 0 Å². The quantitative estimate of drug-likeness (QED) is 0.560. The van der Waals surface area contributed by atoms with E-state index in [1.165, 1.54) is 22.3 Å². The molecule has 0 bridgehead atoms. The van der Waals surface area contributed by atoms with E-state index >= 15 is 0 Å². The van der Waals surface area contributed by atoms with Crippen molar-refractivity contribution in [2.45, 2.75) is 41.5 Å². The highest BCUT2D eigenvalue weighted by Crippen LogP contribution is 2.15. The van der Waals surface area contributed by atoms with Crippen molar-refractivity contribution in [3.63, 3.8) is 0 Å². The molecule has 0 unspecified atom stereocenters. The molecule has 0 radical (unpaired) electrons. The molecule has 0 aromatic carbocycles. The lowest BCUT2D eigenvalue weighted by atomic mass is 10.0. The second kappa shape index (κ2) is 5.64. The van der Waals surface area contributed by atoms with Gasteiger partial charge in [-0.1, -0.05) is 35.5 Å². The molecule has 0 aliphatic carbocycles. The SMILES string of the molecule is C=C(C)/C(C)=C\C(C=C(C)C)=C(C)C. The lowest BCUT2D eigenvalue weighted by Crippen LogP contribution is -1.83. The molecule has 14 heavy (non-hydrogen) atoms. The summed E-state index contributed by atoms with van der Waals surface area (Å²) >= 11 is 0. The minimum absolute atomic E-state index is 1.13. The molecule has 0 N–H and O–H groups in total. The maximum Gasteiger partial charge on any atom is -0.0268 e. The van der Waals surface area contributed by atoms with E-state index in [9.17, 15) is 0 Å². The molecule has 0 heteroatoms. The third kappa shape index (κ3) is 4.86. The fourth-order valence-corrected chi connectivity index (χ4v) is 0.998. The summed E-state index contributed by atoms with van der Waals surface area (Å²) in [5, 5.41) is 0. The largest absolute Gasteiger partial charge is 0.0958 e. The van der Waals surface area contributed by atoms with Crippen LogP contribution >= 0.6 is 0 Å². The number of hydrogen-bond donors (Lipinski definition) is 0. The third-order valence-corrected chi connectivity index (χ3v) is 2.07. The molecule has 0 spiro atoms. The first-order valence-electron chi connectivity index (χ1n) is 5.01. The minimum Gasteiger partial charge on any atom is -0.0958 e. The van der Waals surface area contributed by atoms with Crippen molar-refractivity contribution >= 4 is 0 Å². The average Bonchev–Trinajstić information content (AvgIpc) is 2.01. The van der Waals surface area contributed by atoms with Crippen molar-refractivity contribution in [1.82, 2.24) is 0 Å². The second-order valence-corrected chi connectivity index (χ2v) is 4.28. The van der Waals surface area contributed by atoms with Gasteiger partial charge in [-0.3, -0.25) is 0 Å². The van der Waals surface area contributed by atoms with Gasteiger partial charge in [0.15, 0.2) is 0 Å². The molecule has 0 amide bonds. The summed E-state index contributed by atoms with van der Waals surface area (Å²) in [6.45, 7) is 16.6. The van der Waals surface area contributed by atoms with Gasteiger partial charge in [0.05, 0.1) is 0 Å². The van der Waals surface area contributed by atoms with Gasteiger partial charge in [0.25, 0.3) is 0 Å². The lowest BCUT2D eigenvalue weighted by molar-refractivity contribution is 1.28. The predicted molar refractivity (Wildman–Crippen MR) is 66.4 cm³/mol. The van der Waals surface area contributed by atoms with Gasteiger partial charge in [-0.15, -0.1) is 0 Å². The van der Waals surface area contributed by atoms with Crippen LogP contribution in [0, 0.1) is 0 Å². The van der Waals surface area contributed by atoms with Crippen LogP contribution < -0.4 is 0 Å². The predicted octanol–water partition coefficient (Wildman–Crippen LogP) is 4.81. The molecule has 78 valence electrons. The van der Waals surface area contributed by atoms with Crippen LogP contribution in [-0.2, 0) is 0 Å². The molecular formula is C14H22. The zero-order chi connectivity index (χ0) is 11.3. The van der Waals surface area contributed by atoms with Crippen LogP contribution in [0.2, 0.25) is 0 Å². The molecule has 0 saturated carbocycles. The zero-order valence-electron chi connectivity index (χ0n) is 10.4. The van der Waals surface area contributed by atoms with Gasteiger partial charge in [0.1, 0.15) is 0 Å². The first kappa shape index (κ1) is 13.0. The fraction of sp³-hybridized carbons (Fsp3) is 0.429. The van der Waals surface area contributed by atoms with Crippen molar-refractivity contribution in [2.24, 2.45) is 0 Å². The van der Waals surface area contributed by atoms with Crippen LogP contribution in [-0.4, -0.2) is 0 Å². The molecule has 0 nitrogen and oxygen atoms in total. The highest BCUT2D eigenvalue weighted by Gasteiger charge is 1.95. The van der Waals surface area contributed by atoms with Gasteiger partial charge >= 0.3 is 0 Å². The molecular weight excluding hydrogens is 168 g/mol. The standard InChI is InChI=1S/C14H22/c1-10(2)8-14(12(5)6)9-13(7)11(3)4/h8-9H,3H2,1-2,4-7H3/b13-9-. The number of allylic oxidation sites excluding steroid dienone is 7. The summed E-state index contributed by atoms with van der Waals surface area (Å²) in [5.74, 6) is 0. The van der Waals surface area contributed by atoms with Crippen molar-refractivity contribution in [1.29, 1.82) is 0 Å². The summed E-state index contributed by atoms with van der Waals surface area (Å²) in [6.07, 6.45) is 4.41. The van der Waals surface area contributed by atoms with E-state index in [1.54, 1.807) is 0 Å². The Morgan fingerprint density at radius 3 is 1.64 bits per heavy atom. The Balaban J connectivity index is 5.11. The highest BCUT2D eigenvalue weighted by atomic mass is 14.0. The average molecular weight is 190 g/mol. The summed E-state index contributed by atoms with van der Waals surface area (Å²) < 4.78 is 0. The molecule has 0 heterocycles. The highest BCUT2D eigenvalue weighted by molar-refractivity contribution is 5.41. The molecule has 0 atom stereocenters. The monoisotopic (exact) mass is 190 g/mol. The molecule has 0 aliphatic rings. The van der Waals surface area contributed by atoms with Crippen molar-refractivity contribution in [2.75, 3.05) is 0 Å². The van der Waals surface area contributed by atoms with E-state index in [-0.39, 0.29) is 0 Å². The first-order valence-corrected chi connectivity index (χ1v) is 5.01. The molecule has 0 saturated heterocycles. The maximum atomic E-state index is 3.94. The van der Waals surface area contributed by atoms with Crippen molar-refractivity contribution in [3.8, 4) is 0 Å². The Morgan fingerprint density at radius 1 is 0.857 bits per heavy atom. The molecule has 0 rings (SSSR count). The van der Waals surface area contributed by atoms with Crippen molar-refractivity contribution in [3.05, 3.63) is 46.6 Å². The van der Waals surface area contributed by atoms with E-state index in [1.807, 2.05) is 6.92 Å². The fourth-order valence-electron chi connectivity index (χ4n) is 0.998. The van der Waals surface area contributed by atoms with E-state index in [4.69, 9.17) is 0 Å². The lowest BCUT2D eigenvalue weighted by Gasteiger charge is -2.04. The normalized spacial score (nSPS) is 10.9. The summed E-state index contributed by atoms with van der Waals surface area (Å²) in [6, 6.07) is 0. The van der Waals surface area contributed by atoms with E-state index in [2.05, 4.69) is 53.3 Å². The molecule has 0 aromatic rings. The zero-order valence-corrected chi connectivity index (χ0v) is 10.4. The number of hydrogen-bond acceptors (Lipinski definition) is 0. The summed E-state index contributed by atoms with van der Waals surface area (Å²) in [7, 11) is 0. The third-order valence-electron chi connectivity index (χ3n) is 2.07. The van der Waals surface area contributed by atoms with Gasteiger partial charge in [-0.05, 0) is 52.7 Å².